The van der Waals surface area contributed by atoms with E-state index in [1.165, 1.54) is 6.26 Å². The fourth-order valence-corrected chi connectivity index (χ4v) is 2.54. The van der Waals surface area contributed by atoms with Crippen LogP contribution >= 0.6 is 0 Å². The van der Waals surface area contributed by atoms with Crippen molar-refractivity contribution in [2.24, 2.45) is 0 Å². The van der Waals surface area contributed by atoms with E-state index in [0.717, 1.165) is 25.7 Å². The van der Waals surface area contributed by atoms with Gasteiger partial charge in [-0.3, -0.25) is 0 Å². The second-order valence-electron chi connectivity index (χ2n) is 3.03. The first-order valence-corrected chi connectivity index (χ1v) is 6.16. The van der Waals surface area contributed by atoms with Gasteiger partial charge in [-0.1, -0.05) is 26.7 Å². The molecule has 0 aromatic rings. The van der Waals surface area contributed by atoms with Crippen LogP contribution in [0, 0.1) is 0 Å². The van der Waals surface area contributed by atoms with Crippen LogP contribution in [0.15, 0.2) is 0 Å². The molecule has 68 valence electrons. The van der Waals surface area contributed by atoms with Gasteiger partial charge in [0.25, 0.3) is 0 Å². The molecule has 0 saturated carbocycles. The van der Waals surface area contributed by atoms with E-state index in [1.54, 1.807) is 0 Å². The Bertz CT molecular complexity index is 176. The minimum absolute atomic E-state index is 0.0995. The minimum atomic E-state index is -2.79. The predicted octanol–water partition coefficient (Wildman–Crippen LogP) is 2.00. The standard InChI is InChI=1S/C8H18O2S/c1-4-6-8(7-5-2)11(3,9)10/h8H,4-7H2,1-3H3. The van der Waals surface area contributed by atoms with E-state index in [1.807, 2.05) is 13.8 Å². The van der Waals surface area contributed by atoms with Gasteiger partial charge in [-0.2, -0.15) is 0 Å². The lowest BCUT2D eigenvalue weighted by atomic mass is 10.2. The summed E-state index contributed by atoms with van der Waals surface area (Å²) in [6.07, 6.45) is 4.87. The zero-order valence-corrected chi connectivity index (χ0v) is 8.45. The Morgan fingerprint density at radius 3 is 1.64 bits per heavy atom. The molecule has 0 aliphatic heterocycles. The van der Waals surface area contributed by atoms with E-state index in [4.69, 9.17) is 0 Å². The first kappa shape index (κ1) is 11.0. The Labute approximate surface area is 69.9 Å². The fraction of sp³-hybridized carbons (Fsp3) is 1.00. The average Bonchev–Trinajstić information content (AvgIpc) is 1.85. The molecular formula is C8H18O2S. The van der Waals surface area contributed by atoms with Crippen LogP contribution in [0.5, 0.6) is 0 Å². The van der Waals surface area contributed by atoms with Gasteiger partial charge < -0.3 is 0 Å². The third kappa shape index (κ3) is 4.40. The lowest BCUT2D eigenvalue weighted by Crippen LogP contribution is -2.19. The molecule has 0 fully saturated rings. The van der Waals surface area contributed by atoms with Crippen molar-refractivity contribution in [3.8, 4) is 0 Å². The van der Waals surface area contributed by atoms with E-state index < -0.39 is 9.84 Å². The maximum Gasteiger partial charge on any atom is 0.150 e. The van der Waals surface area contributed by atoms with Crippen LogP contribution in [0.25, 0.3) is 0 Å². The Morgan fingerprint density at radius 2 is 1.45 bits per heavy atom. The summed E-state index contributed by atoms with van der Waals surface area (Å²) in [5.74, 6) is 0. The molecule has 0 spiro atoms. The van der Waals surface area contributed by atoms with Crippen LogP contribution in [0.3, 0.4) is 0 Å². The second-order valence-corrected chi connectivity index (χ2v) is 5.35. The highest BCUT2D eigenvalue weighted by molar-refractivity contribution is 7.91. The highest BCUT2D eigenvalue weighted by atomic mass is 32.2. The largest absolute Gasteiger partial charge is 0.229 e. The Balaban J connectivity index is 4.11. The molecule has 0 N–H and O–H groups in total. The SMILES string of the molecule is CCCC(CCC)S(C)(=O)=O. The number of hydrogen-bond donors (Lipinski definition) is 0. The summed E-state index contributed by atoms with van der Waals surface area (Å²) < 4.78 is 22.2. The number of hydrogen-bond acceptors (Lipinski definition) is 2. The molecule has 0 aliphatic rings. The first-order valence-electron chi connectivity index (χ1n) is 4.21. The summed E-state index contributed by atoms with van der Waals surface area (Å²) in [7, 11) is -2.79. The van der Waals surface area contributed by atoms with Crippen LogP contribution in [0.2, 0.25) is 0 Å². The van der Waals surface area contributed by atoms with Gasteiger partial charge in [-0.15, -0.1) is 0 Å². The Hall–Kier alpha value is -0.0500. The molecule has 0 aromatic heterocycles. The van der Waals surface area contributed by atoms with E-state index >= 15 is 0 Å². The van der Waals surface area contributed by atoms with Crippen LogP contribution in [0.4, 0.5) is 0 Å². The molecule has 0 saturated heterocycles. The van der Waals surface area contributed by atoms with Gasteiger partial charge in [-0.05, 0) is 12.8 Å². The summed E-state index contributed by atoms with van der Waals surface area (Å²) in [6, 6.07) is 0. The van der Waals surface area contributed by atoms with E-state index in [-0.39, 0.29) is 5.25 Å². The zero-order chi connectivity index (χ0) is 8.91. The highest BCUT2D eigenvalue weighted by Gasteiger charge is 2.17. The molecule has 0 bridgehead atoms. The molecule has 0 atom stereocenters. The molecule has 0 aromatic carbocycles. The van der Waals surface area contributed by atoms with Gasteiger partial charge in [0.05, 0.1) is 5.25 Å². The molecule has 3 heteroatoms. The number of rotatable bonds is 5. The Morgan fingerprint density at radius 1 is 1.09 bits per heavy atom. The topological polar surface area (TPSA) is 34.1 Å². The van der Waals surface area contributed by atoms with Crippen LogP contribution in [-0.2, 0) is 9.84 Å². The van der Waals surface area contributed by atoms with E-state index in [9.17, 15) is 8.42 Å². The van der Waals surface area contributed by atoms with Crippen LogP contribution in [0.1, 0.15) is 39.5 Å². The van der Waals surface area contributed by atoms with Crippen molar-refractivity contribution in [1.29, 1.82) is 0 Å². The van der Waals surface area contributed by atoms with E-state index in [2.05, 4.69) is 0 Å². The lowest BCUT2D eigenvalue weighted by molar-refractivity contribution is 0.560. The van der Waals surface area contributed by atoms with Gasteiger partial charge in [0, 0.05) is 6.26 Å². The summed E-state index contributed by atoms with van der Waals surface area (Å²) >= 11 is 0. The molecule has 0 aliphatic carbocycles. The molecule has 0 heterocycles. The van der Waals surface area contributed by atoms with Gasteiger partial charge >= 0.3 is 0 Å². The molecule has 0 unspecified atom stereocenters. The van der Waals surface area contributed by atoms with Crippen molar-refractivity contribution in [1.82, 2.24) is 0 Å². The average molecular weight is 178 g/mol. The third-order valence-electron chi connectivity index (χ3n) is 1.83. The van der Waals surface area contributed by atoms with Crippen LogP contribution in [-0.4, -0.2) is 19.9 Å². The fourth-order valence-electron chi connectivity index (χ4n) is 1.22. The quantitative estimate of drug-likeness (QED) is 0.645. The van der Waals surface area contributed by atoms with Crippen LogP contribution < -0.4 is 0 Å². The monoisotopic (exact) mass is 178 g/mol. The smallest absolute Gasteiger partial charge is 0.150 e. The van der Waals surface area contributed by atoms with E-state index in [0.29, 0.717) is 0 Å². The van der Waals surface area contributed by atoms with Gasteiger partial charge in [0.2, 0.25) is 0 Å². The van der Waals surface area contributed by atoms with Crippen molar-refractivity contribution in [3.63, 3.8) is 0 Å². The molecule has 0 rings (SSSR count). The summed E-state index contributed by atoms with van der Waals surface area (Å²) in [6.45, 7) is 4.04. The lowest BCUT2D eigenvalue weighted by Gasteiger charge is -2.11. The summed E-state index contributed by atoms with van der Waals surface area (Å²) in [5.41, 5.74) is 0. The molecule has 0 radical (unpaired) electrons. The van der Waals surface area contributed by atoms with Gasteiger partial charge in [-0.25, -0.2) is 8.42 Å². The summed E-state index contributed by atoms with van der Waals surface area (Å²) in [5, 5.41) is -0.0995. The van der Waals surface area contributed by atoms with Crippen molar-refractivity contribution in [3.05, 3.63) is 0 Å². The normalized spacial score (nSPS) is 12.4. The highest BCUT2D eigenvalue weighted by Crippen LogP contribution is 2.12. The van der Waals surface area contributed by atoms with Crippen molar-refractivity contribution in [2.75, 3.05) is 6.26 Å². The van der Waals surface area contributed by atoms with Gasteiger partial charge in [0.15, 0.2) is 0 Å². The molecule has 2 nitrogen and oxygen atoms in total. The van der Waals surface area contributed by atoms with Crippen molar-refractivity contribution in [2.45, 2.75) is 44.8 Å². The maximum absolute atomic E-state index is 11.1. The third-order valence-corrected chi connectivity index (χ3v) is 3.51. The molecule has 11 heavy (non-hydrogen) atoms. The zero-order valence-electron chi connectivity index (χ0n) is 7.63. The first-order chi connectivity index (χ1) is 5.02. The predicted molar refractivity (Wildman–Crippen MR) is 48.4 cm³/mol. The number of sulfone groups is 1. The Kier molecular flexibility index (Phi) is 4.73. The summed E-state index contributed by atoms with van der Waals surface area (Å²) in [4.78, 5) is 0. The molecular weight excluding hydrogens is 160 g/mol. The van der Waals surface area contributed by atoms with Gasteiger partial charge in [0.1, 0.15) is 9.84 Å². The molecule has 0 amide bonds. The second kappa shape index (κ2) is 4.75. The van der Waals surface area contributed by atoms with Crippen molar-refractivity contribution >= 4 is 9.84 Å². The minimum Gasteiger partial charge on any atom is -0.229 e. The van der Waals surface area contributed by atoms with Crippen molar-refractivity contribution < 1.29 is 8.42 Å². The maximum atomic E-state index is 11.1.